The number of amides is 1. The second-order valence-electron chi connectivity index (χ2n) is 7.76. The van der Waals surface area contributed by atoms with Crippen LogP contribution in [0.25, 0.3) is 22.4 Å². The van der Waals surface area contributed by atoms with Crippen molar-refractivity contribution in [3.63, 3.8) is 0 Å². The Morgan fingerprint density at radius 3 is 2.85 bits per heavy atom. The summed E-state index contributed by atoms with van der Waals surface area (Å²) in [5, 5.41) is 6.89. The molecule has 2 heterocycles. The van der Waals surface area contributed by atoms with Crippen LogP contribution in [0.1, 0.15) is 5.56 Å². The first-order valence-corrected chi connectivity index (χ1v) is 10.6. The average molecular weight is 457 g/mol. The van der Waals surface area contributed by atoms with Crippen LogP contribution < -0.4 is 15.4 Å². The van der Waals surface area contributed by atoms with E-state index in [1.165, 1.54) is 6.26 Å². The van der Waals surface area contributed by atoms with E-state index in [1.54, 1.807) is 17.3 Å². The molecule has 9 heteroatoms. The van der Waals surface area contributed by atoms with Crippen molar-refractivity contribution < 1.29 is 13.9 Å². The lowest BCUT2D eigenvalue weighted by atomic mass is 10.1. The summed E-state index contributed by atoms with van der Waals surface area (Å²) in [7, 11) is 3.68. The number of hydrogen-bond acceptors (Lipinski definition) is 8. The second kappa shape index (κ2) is 10.5. The molecule has 0 saturated heterocycles. The topological polar surface area (TPSA) is 105 Å². The van der Waals surface area contributed by atoms with Crippen LogP contribution in [0.2, 0.25) is 0 Å². The Morgan fingerprint density at radius 1 is 1.21 bits per heavy atom. The molecule has 0 spiro atoms. The number of likely N-dealkylation sites (N-methyl/N-ethyl adjacent to an activating group) is 1. The minimum absolute atomic E-state index is 0.0627. The number of fused-ring (bicyclic) bond motifs is 1. The molecule has 0 saturated carbocycles. The van der Waals surface area contributed by atoms with E-state index in [9.17, 15) is 4.79 Å². The molecule has 0 atom stereocenters. The van der Waals surface area contributed by atoms with Gasteiger partial charge in [-0.3, -0.25) is 4.79 Å². The van der Waals surface area contributed by atoms with Crippen molar-refractivity contribution in [2.24, 2.45) is 0 Å². The van der Waals surface area contributed by atoms with Crippen LogP contribution >= 0.6 is 0 Å². The van der Waals surface area contributed by atoms with Gasteiger partial charge in [-0.05, 0) is 44.4 Å². The normalized spacial score (nSPS) is 10.8. The number of aromatic nitrogens is 3. The Labute approximate surface area is 197 Å². The van der Waals surface area contributed by atoms with Gasteiger partial charge < -0.3 is 24.7 Å². The van der Waals surface area contributed by atoms with E-state index < -0.39 is 0 Å². The van der Waals surface area contributed by atoms with Crippen molar-refractivity contribution in [2.75, 3.05) is 39.1 Å². The van der Waals surface area contributed by atoms with E-state index in [1.807, 2.05) is 50.5 Å². The summed E-state index contributed by atoms with van der Waals surface area (Å²) in [5.41, 5.74) is 2.96. The van der Waals surface area contributed by atoms with Crippen LogP contribution in [0.3, 0.4) is 0 Å². The summed E-state index contributed by atoms with van der Waals surface area (Å²) < 4.78 is 11.3. The molecule has 1 amide bonds. The summed E-state index contributed by atoms with van der Waals surface area (Å²) in [6.07, 6.45) is 10.3. The molecule has 2 aromatic carbocycles. The lowest BCUT2D eigenvalue weighted by Crippen LogP contribution is -2.35. The van der Waals surface area contributed by atoms with Gasteiger partial charge in [-0.15, -0.1) is 6.42 Å². The standard InChI is InChI=1S/C25H24N6O3/c1-4-17-5-6-22-19(11-17)15-28-25(30-22)29-20-12-18(24-27-8-10-34-24)13-21(14-20)33-9-7-26-23(32)16-31(2)3/h1,5-6,8,10-15H,7,9,16H2,2-3H3,(H,26,32)(H,28,29,30). The van der Waals surface area contributed by atoms with E-state index >= 15 is 0 Å². The Kier molecular flexibility index (Phi) is 7.01. The number of benzene rings is 2. The fraction of sp³-hybridized carbons (Fsp3) is 0.200. The molecule has 0 aliphatic rings. The molecule has 0 unspecified atom stereocenters. The quantitative estimate of drug-likeness (QED) is 0.292. The summed E-state index contributed by atoms with van der Waals surface area (Å²) >= 11 is 0. The maximum atomic E-state index is 11.8. The molecule has 4 aromatic rings. The Balaban J connectivity index is 1.51. The van der Waals surface area contributed by atoms with Crippen LogP contribution in [-0.4, -0.2) is 59.6 Å². The third kappa shape index (κ3) is 5.88. The average Bonchev–Trinajstić information content (AvgIpc) is 3.36. The van der Waals surface area contributed by atoms with E-state index in [2.05, 4.69) is 31.5 Å². The van der Waals surface area contributed by atoms with E-state index in [0.29, 0.717) is 43.0 Å². The van der Waals surface area contributed by atoms with Gasteiger partial charge in [0, 0.05) is 34.5 Å². The second-order valence-corrected chi connectivity index (χ2v) is 7.76. The van der Waals surface area contributed by atoms with Crippen molar-refractivity contribution in [1.82, 2.24) is 25.2 Å². The van der Waals surface area contributed by atoms with Crippen LogP contribution in [0, 0.1) is 12.3 Å². The minimum Gasteiger partial charge on any atom is -0.492 e. The predicted octanol–water partition coefficient (Wildman–Crippen LogP) is 3.07. The van der Waals surface area contributed by atoms with Crippen molar-refractivity contribution in [2.45, 2.75) is 0 Å². The first kappa shape index (κ1) is 22.8. The number of oxazole rings is 1. The Morgan fingerprint density at radius 2 is 2.09 bits per heavy atom. The number of anilines is 2. The Hall–Kier alpha value is -4.42. The van der Waals surface area contributed by atoms with Crippen molar-refractivity contribution in [3.05, 3.63) is 60.6 Å². The summed E-state index contributed by atoms with van der Waals surface area (Å²) in [4.78, 5) is 26.8. The molecule has 0 fully saturated rings. The van der Waals surface area contributed by atoms with E-state index in [4.69, 9.17) is 15.6 Å². The van der Waals surface area contributed by atoms with Gasteiger partial charge in [0.2, 0.25) is 17.7 Å². The lowest BCUT2D eigenvalue weighted by molar-refractivity contribution is -0.121. The largest absolute Gasteiger partial charge is 0.492 e. The fourth-order valence-corrected chi connectivity index (χ4v) is 3.26. The number of ether oxygens (including phenoxy) is 1. The third-order valence-corrected chi connectivity index (χ3v) is 4.74. The molecule has 0 aliphatic carbocycles. The zero-order chi connectivity index (χ0) is 23.9. The van der Waals surface area contributed by atoms with Gasteiger partial charge in [-0.2, -0.15) is 0 Å². The molecule has 4 rings (SSSR count). The molecule has 34 heavy (non-hydrogen) atoms. The van der Waals surface area contributed by atoms with Gasteiger partial charge in [0.15, 0.2) is 0 Å². The highest BCUT2D eigenvalue weighted by atomic mass is 16.5. The molecule has 0 aliphatic heterocycles. The molecule has 2 aromatic heterocycles. The smallest absolute Gasteiger partial charge is 0.234 e. The molecule has 172 valence electrons. The van der Waals surface area contributed by atoms with Crippen molar-refractivity contribution in [3.8, 4) is 29.5 Å². The maximum Gasteiger partial charge on any atom is 0.234 e. The van der Waals surface area contributed by atoms with Crippen LogP contribution in [0.15, 0.2) is 59.5 Å². The zero-order valence-electron chi connectivity index (χ0n) is 18.9. The van der Waals surface area contributed by atoms with Crippen LogP contribution in [0.4, 0.5) is 11.6 Å². The number of carbonyl (C=O) groups is 1. The van der Waals surface area contributed by atoms with E-state index in [0.717, 1.165) is 22.0 Å². The first-order valence-electron chi connectivity index (χ1n) is 10.6. The highest BCUT2D eigenvalue weighted by molar-refractivity contribution is 5.81. The van der Waals surface area contributed by atoms with E-state index in [-0.39, 0.29) is 5.91 Å². The van der Waals surface area contributed by atoms with Gasteiger partial charge in [-0.25, -0.2) is 15.0 Å². The molecule has 2 N–H and O–H groups in total. The van der Waals surface area contributed by atoms with Gasteiger partial charge in [-0.1, -0.05) is 5.92 Å². The number of nitrogens with zero attached hydrogens (tertiary/aromatic N) is 4. The number of hydrogen-bond donors (Lipinski definition) is 2. The minimum atomic E-state index is -0.0627. The van der Waals surface area contributed by atoms with Gasteiger partial charge in [0.05, 0.1) is 24.8 Å². The number of carbonyl (C=O) groups excluding carboxylic acids is 1. The molecule has 9 nitrogen and oxygen atoms in total. The van der Waals surface area contributed by atoms with Gasteiger partial charge in [0.1, 0.15) is 18.6 Å². The third-order valence-electron chi connectivity index (χ3n) is 4.74. The van der Waals surface area contributed by atoms with Crippen LogP contribution in [0.5, 0.6) is 5.75 Å². The van der Waals surface area contributed by atoms with Crippen molar-refractivity contribution in [1.29, 1.82) is 0 Å². The summed E-state index contributed by atoms with van der Waals surface area (Å²) in [6, 6.07) is 11.1. The summed E-state index contributed by atoms with van der Waals surface area (Å²) in [5.74, 6) is 4.01. The Bertz CT molecular complexity index is 1330. The molecule has 0 radical (unpaired) electrons. The number of rotatable bonds is 9. The van der Waals surface area contributed by atoms with Crippen molar-refractivity contribution >= 4 is 28.4 Å². The summed E-state index contributed by atoms with van der Waals surface area (Å²) in [6.45, 7) is 1.01. The monoisotopic (exact) mass is 456 g/mol. The fourth-order valence-electron chi connectivity index (χ4n) is 3.26. The SMILES string of the molecule is C#Cc1ccc2nc(Nc3cc(OCCNC(=O)CN(C)C)cc(-c4ncco4)c3)ncc2c1. The molecular formula is C25H24N6O3. The highest BCUT2D eigenvalue weighted by Gasteiger charge is 2.10. The first-order chi connectivity index (χ1) is 16.5. The number of nitrogens with one attached hydrogen (secondary N) is 2. The molecular weight excluding hydrogens is 432 g/mol. The highest BCUT2D eigenvalue weighted by Crippen LogP contribution is 2.29. The van der Waals surface area contributed by atoms with Gasteiger partial charge in [0.25, 0.3) is 0 Å². The van der Waals surface area contributed by atoms with Gasteiger partial charge >= 0.3 is 0 Å². The molecule has 0 bridgehead atoms. The number of terminal acetylenes is 1. The maximum absolute atomic E-state index is 11.8. The lowest BCUT2D eigenvalue weighted by Gasteiger charge is -2.13. The predicted molar refractivity (Wildman–Crippen MR) is 130 cm³/mol. The zero-order valence-corrected chi connectivity index (χ0v) is 18.9. The van der Waals surface area contributed by atoms with Crippen LogP contribution in [-0.2, 0) is 4.79 Å².